The number of rotatable bonds is 3. The molecule has 0 aliphatic heterocycles. The van der Waals surface area contributed by atoms with Crippen molar-refractivity contribution in [2.45, 2.75) is 0 Å². The number of furan rings is 1. The fraction of sp³-hybridized carbons (Fsp3) is 0. The van der Waals surface area contributed by atoms with Crippen LogP contribution in [0, 0.1) is 0 Å². The fourth-order valence-electron chi connectivity index (χ4n) is 7.66. The zero-order valence-electron chi connectivity index (χ0n) is 26.1. The summed E-state index contributed by atoms with van der Waals surface area (Å²) in [6, 6.07) is 53.4. The second-order valence-corrected chi connectivity index (χ2v) is 13.6. The second-order valence-electron chi connectivity index (χ2n) is 12.5. The first-order chi connectivity index (χ1) is 24.3. The van der Waals surface area contributed by atoms with Gasteiger partial charge >= 0.3 is 0 Å². The van der Waals surface area contributed by atoms with Crippen LogP contribution >= 0.6 is 11.3 Å². The van der Waals surface area contributed by atoms with E-state index in [2.05, 4.69) is 132 Å². The molecule has 5 heteroatoms. The smallest absolute Gasteiger partial charge is 0.236 e. The highest BCUT2D eigenvalue weighted by Gasteiger charge is 2.24. The fourth-order valence-corrected chi connectivity index (χ4v) is 8.93. The molecule has 228 valence electrons. The third kappa shape index (κ3) is 3.79. The molecule has 0 unspecified atom stereocenters. The van der Waals surface area contributed by atoms with E-state index in [4.69, 9.17) is 14.4 Å². The van der Waals surface area contributed by atoms with E-state index < -0.39 is 0 Å². The van der Waals surface area contributed by atoms with Crippen molar-refractivity contribution in [3.05, 3.63) is 152 Å². The average Bonchev–Trinajstić information content (AvgIpc) is 3.85. The predicted molar refractivity (Wildman–Crippen MR) is 205 cm³/mol. The number of aromatic nitrogens is 3. The maximum absolute atomic E-state index is 6.53. The van der Waals surface area contributed by atoms with Crippen LogP contribution in [-0.2, 0) is 0 Å². The highest BCUT2D eigenvalue weighted by molar-refractivity contribution is 7.27. The van der Waals surface area contributed by atoms with E-state index in [0.717, 1.165) is 44.3 Å². The summed E-state index contributed by atoms with van der Waals surface area (Å²) in [5.74, 6) is 0.623. The van der Waals surface area contributed by atoms with Gasteiger partial charge in [0.25, 0.3) is 0 Å². The standard InChI is InChI=1S/C44H25N3OS/c1-2-12-26(13-3-1)27-22-24-28(25-23-27)39-42-40(32-17-7-10-20-35(32)48-42)46-44(45-39)47-34-19-9-6-16-31(34)38-41(47)30-15-5-4-14-29(30)37-33-18-8-11-21-36(33)49-43(37)38/h1-25H. The van der Waals surface area contributed by atoms with Crippen LogP contribution in [0.2, 0.25) is 0 Å². The Labute approximate surface area is 284 Å². The lowest BCUT2D eigenvalue weighted by Crippen LogP contribution is -2.03. The number of hydrogen-bond donors (Lipinski definition) is 0. The lowest BCUT2D eigenvalue weighted by atomic mass is 10.00. The molecule has 0 radical (unpaired) electrons. The number of benzene rings is 7. The molecule has 7 aromatic carbocycles. The van der Waals surface area contributed by atoms with Gasteiger partial charge in [0, 0.05) is 47.3 Å². The summed E-state index contributed by atoms with van der Waals surface area (Å²) in [6.45, 7) is 0. The van der Waals surface area contributed by atoms with E-state index in [0.29, 0.717) is 11.5 Å². The zero-order chi connectivity index (χ0) is 32.1. The second kappa shape index (κ2) is 10.1. The van der Waals surface area contributed by atoms with Gasteiger partial charge in [-0.25, -0.2) is 9.97 Å². The van der Waals surface area contributed by atoms with Gasteiger partial charge in [-0.3, -0.25) is 4.57 Å². The van der Waals surface area contributed by atoms with E-state index in [1.54, 1.807) is 0 Å². The van der Waals surface area contributed by atoms with Crippen molar-refractivity contribution in [2.24, 2.45) is 0 Å². The largest absolute Gasteiger partial charge is 0.452 e. The lowest BCUT2D eigenvalue weighted by molar-refractivity contribution is 0.666. The number of para-hydroxylation sites is 2. The van der Waals surface area contributed by atoms with E-state index in [9.17, 15) is 0 Å². The lowest BCUT2D eigenvalue weighted by Gasteiger charge is -2.12. The monoisotopic (exact) mass is 643 g/mol. The van der Waals surface area contributed by atoms with E-state index >= 15 is 0 Å². The first-order valence-corrected chi connectivity index (χ1v) is 17.2. The Morgan fingerprint density at radius 2 is 1.12 bits per heavy atom. The molecule has 0 saturated carbocycles. The van der Waals surface area contributed by atoms with Crippen LogP contribution in [0.3, 0.4) is 0 Å². The van der Waals surface area contributed by atoms with Gasteiger partial charge < -0.3 is 4.42 Å². The Bertz CT molecular complexity index is 3100. The third-order valence-electron chi connectivity index (χ3n) is 9.82. The van der Waals surface area contributed by atoms with Crippen molar-refractivity contribution in [2.75, 3.05) is 0 Å². The molecule has 49 heavy (non-hydrogen) atoms. The molecule has 0 spiro atoms. The molecule has 4 heterocycles. The summed E-state index contributed by atoms with van der Waals surface area (Å²) < 4.78 is 11.4. The van der Waals surface area contributed by atoms with E-state index in [-0.39, 0.29) is 0 Å². The third-order valence-corrected chi connectivity index (χ3v) is 11.0. The minimum atomic E-state index is 0.623. The highest BCUT2D eigenvalue weighted by Crippen LogP contribution is 2.48. The quantitative estimate of drug-likeness (QED) is 0.192. The summed E-state index contributed by atoms with van der Waals surface area (Å²) in [7, 11) is 0. The van der Waals surface area contributed by atoms with Crippen molar-refractivity contribution in [1.29, 1.82) is 0 Å². The molecule has 4 aromatic heterocycles. The number of fused-ring (bicyclic) bond motifs is 13. The summed E-state index contributed by atoms with van der Waals surface area (Å²) in [5, 5.41) is 8.41. The van der Waals surface area contributed by atoms with E-state index in [1.807, 2.05) is 35.6 Å². The first kappa shape index (κ1) is 26.7. The van der Waals surface area contributed by atoms with Crippen LogP contribution in [-0.4, -0.2) is 14.5 Å². The summed E-state index contributed by atoms with van der Waals surface area (Å²) in [4.78, 5) is 10.8. The molecular weight excluding hydrogens is 619 g/mol. The van der Waals surface area contributed by atoms with Crippen LogP contribution < -0.4 is 0 Å². The Morgan fingerprint density at radius 3 is 1.96 bits per heavy atom. The normalized spacial score (nSPS) is 12.1. The predicted octanol–water partition coefficient (Wildman–Crippen LogP) is 12.3. The minimum Gasteiger partial charge on any atom is -0.452 e. The molecule has 0 N–H and O–H groups in total. The minimum absolute atomic E-state index is 0.623. The van der Waals surface area contributed by atoms with Gasteiger partial charge in [0.1, 0.15) is 16.8 Å². The van der Waals surface area contributed by atoms with Gasteiger partial charge in [-0.1, -0.05) is 127 Å². The molecule has 0 aliphatic carbocycles. The summed E-state index contributed by atoms with van der Waals surface area (Å²) in [5.41, 5.74) is 8.57. The van der Waals surface area contributed by atoms with Crippen molar-refractivity contribution < 1.29 is 4.42 Å². The van der Waals surface area contributed by atoms with Crippen LogP contribution in [0.5, 0.6) is 0 Å². The molecule has 0 atom stereocenters. The molecule has 0 aliphatic rings. The Kier molecular flexibility index (Phi) is 5.51. The summed E-state index contributed by atoms with van der Waals surface area (Å²) >= 11 is 1.87. The topological polar surface area (TPSA) is 43.9 Å². The number of thiophene rings is 1. The van der Waals surface area contributed by atoms with E-state index in [1.165, 1.54) is 47.3 Å². The maximum atomic E-state index is 6.53. The van der Waals surface area contributed by atoms with Crippen molar-refractivity contribution in [3.63, 3.8) is 0 Å². The Morgan fingerprint density at radius 1 is 0.490 bits per heavy atom. The molecule has 0 saturated heterocycles. The van der Waals surface area contributed by atoms with Gasteiger partial charge in [-0.15, -0.1) is 11.3 Å². The van der Waals surface area contributed by atoms with Crippen molar-refractivity contribution >= 4 is 86.2 Å². The van der Waals surface area contributed by atoms with Crippen LogP contribution in [0.4, 0.5) is 0 Å². The van der Waals surface area contributed by atoms with Gasteiger partial charge in [-0.05, 0) is 40.8 Å². The number of nitrogens with zero attached hydrogens (tertiary/aromatic N) is 3. The SMILES string of the molecule is c1ccc(-c2ccc(-c3nc(-n4c5ccccc5c5c6sc7ccccc7c6c6ccccc6c54)nc4c3oc3ccccc34)cc2)cc1. The van der Waals surface area contributed by atoms with Gasteiger partial charge in [-0.2, -0.15) is 0 Å². The van der Waals surface area contributed by atoms with Gasteiger partial charge in [0.2, 0.25) is 5.95 Å². The zero-order valence-corrected chi connectivity index (χ0v) is 26.9. The highest BCUT2D eigenvalue weighted by atomic mass is 32.1. The van der Waals surface area contributed by atoms with Crippen LogP contribution in [0.1, 0.15) is 0 Å². The van der Waals surface area contributed by atoms with Gasteiger partial charge in [0.05, 0.1) is 11.0 Å². The molecule has 11 aromatic rings. The average molecular weight is 644 g/mol. The number of hydrogen-bond acceptors (Lipinski definition) is 4. The molecule has 4 nitrogen and oxygen atoms in total. The summed E-state index contributed by atoms with van der Waals surface area (Å²) in [6.07, 6.45) is 0. The maximum Gasteiger partial charge on any atom is 0.236 e. The molecule has 0 fully saturated rings. The first-order valence-electron chi connectivity index (χ1n) is 16.4. The Hall–Kier alpha value is -6.30. The van der Waals surface area contributed by atoms with Crippen LogP contribution in [0.25, 0.3) is 103 Å². The molecule has 0 bridgehead atoms. The molecular formula is C44H25N3OS. The molecule has 11 rings (SSSR count). The van der Waals surface area contributed by atoms with Crippen LogP contribution in [0.15, 0.2) is 156 Å². The van der Waals surface area contributed by atoms with Crippen molar-refractivity contribution in [3.8, 4) is 28.3 Å². The Balaban J connectivity index is 1.28. The molecule has 0 amide bonds. The van der Waals surface area contributed by atoms with Crippen molar-refractivity contribution in [1.82, 2.24) is 14.5 Å². The van der Waals surface area contributed by atoms with Gasteiger partial charge in [0.15, 0.2) is 5.58 Å².